The van der Waals surface area contributed by atoms with Crippen LogP contribution in [-0.4, -0.2) is 29.1 Å². The lowest BCUT2D eigenvalue weighted by Crippen LogP contribution is -2.15. The van der Waals surface area contributed by atoms with E-state index < -0.39 is 11.9 Å². The van der Waals surface area contributed by atoms with Gasteiger partial charge in [0.2, 0.25) is 0 Å². The summed E-state index contributed by atoms with van der Waals surface area (Å²) in [6.07, 6.45) is 16.8. The predicted octanol–water partition coefficient (Wildman–Crippen LogP) is 6.87. The molecule has 0 amide bonds. The predicted molar refractivity (Wildman–Crippen MR) is 129 cm³/mol. The van der Waals surface area contributed by atoms with Gasteiger partial charge in [0, 0.05) is 19.8 Å². The summed E-state index contributed by atoms with van der Waals surface area (Å²) in [5.74, 6) is -1.62. The molecule has 0 saturated carbocycles. The first kappa shape index (κ1) is 28.4. The van der Waals surface area contributed by atoms with Gasteiger partial charge in [0.1, 0.15) is 17.4 Å². The van der Waals surface area contributed by atoms with E-state index in [2.05, 4.69) is 19.1 Å². The number of unbranched alkanes of at least 4 members (excludes halogenated alkanes) is 8. The van der Waals surface area contributed by atoms with Gasteiger partial charge in [-0.05, 0) is 44.2 Å². The number of carboxylic acids is 1. The second-order valence-electron chi connectivity index (χ2n) is 8.37. The molecule has 0 aliphatic carbocycles. The number of carbonyl (C=O) groups excluding carboxylic acids is 2. The highest BCUT2D eigenvalue weighted by Gasteiger charge is 2.13. The minimum atomic E-state index is -1.11. The minimum Gasteiger partial charge on any atom is -0.478 e. The largest absolute Gasteiger partial charge is 0.478 e. The van der Waals surface area contributed by atoms with Gasteiger partial charge in [-0.15, -0.1) is 0 Å². The normalized spacial score (nSPS) is 11.9. The van der Waals surface area contributed by atoms with Gasteiger partial charge in [-0.1, -0.05) is 69.7 Å². The lowest BCUT2D eigenvalue weighted by molar-refractivity contribution is -0.146. The molecule has 1 unspecified atom stereocenters. The van der Waals surface area contributed by atoms with E-state index in [4.69, 9.17) is 14.6 Å². The van der Waals surface area contributed by atoms with E-state index in [1.165, 1.54) is 38.3 Å². The Balaban J connectivity index is 2.12. The number of allylic oxidation sites excluding steroid dienone is 1. The first-order valence-corrected chi connectivity index (χ1v) is 12.3. The summed E-state index contributed by atoms with van der Waals surface area (Å²) in [5, 5.41) is 9.13. The van der Waals surface area contributed by atoms with Crippen LogP contribution in [0.4, 0.5) is 0 Å². The summed E-state index contributed by atoms with van der Waals surface area (Å²) in [7, 11) is 0. The van der Waals surface area contributed by atoms with E-state index in [0.29, 0.717) is 0 Å². The van der Waals surface area contributed by atoms with Crippen molar-refractivity contribution in [2.24, 2.45) is 0 Å². The standard InChI is InChI=1S/C27H40O6/c1-3-4-5-12-17-23(32-22(2)28)18-13-10-8-6-7-9-11-14-21-26(29)33-25-20-16-15-19-24(25)27(30)31/h10,13,15-16,19-20,23H,3-9,11-12,14,17-18,21H2,1-2H3,(H,30,31)/b13-10-. The molecule has 6 heteroatoms. The minimum absolute atomic E-state index is 0.00502. The second kappa shape index (κ2) is 17.9. The van der Waals surface area contributed by atoms with Crippen LogP contribution >= 0.6 is 0 Å². The lowest BCUT2D eigenvalue weighted by atomic mass is 10.1. The average Bonchev–Trinajstić information content (AvgIpc) is 2.77. The van der Waals surface area contributed by atoms with Gasteiger partial charge < -0.3 is 14.6 Å². The summed E-state index contributed by atoms with van der Waals surface area (Å²) in [4.78, 5) is 34.4. The molecule has 33 heavy (non-hydrogen) atoms. The van der Waals surface area contributed by atoms with Crippen LogP contribution in [0.5, 0.6) is 5.75 Å². The fourth-order valence-corrected chi connectivity index (χ4v) is 3.59. The molecule has 0 radical (unpaired) electrons. The third-order valence-electron chi connectivity index (χ3n) is 5.37. The fourth-order valence-electron chi connectivity index (χ4n) is 3.59. The molecule has 0 aromatic heterocycles. The van der Waals surface area contributed by atoms with Gasteiger partial charge in [-0.2, -0.15) is 0 Å². The number of benzene rings is 1. The van der Waals surface area contributed by atoms with Crippen LogP contribution in [0.3, 0.4) is 0 Å². The molecule has 0 heterocycles. The van der Waals surface area contributed by atoms with Crippen molar-refractivity contribution in [1.29, 1.82) is 0 Å². The molecule has 0 aliphatic heterocycles. The monoisotopic (exact) mass is 460 g/mol. The van der Waals surface area contributed by atoms with Crippen molar-refractivity contribution in [3.05, 3.63) is 42.0 Å². The third-order valence-corrected chi connectivity index (χ3v) is 5.37. The summed E-state index contributed by atoms with van der Waals surface area (Å²) in [6.45, 7) is 3.65. The van der Waals surface area contributed by atoms with Crippen molar-refractivity contribution in [1.82, 2.24) is 0 Å². The molecule has 1 aromatic rings. The van der Waals surface area contributed by atoms with E-state index >= 15 is 0 Å². The highest BCUT2D eigenvalue weighted by atomic mass is 16.5. The van der Waals surface area contributed by atoms with Crippen LogP contribution in [0.25, 0.3) is 0 Å². The zero-order valence-electron chi connectivity index (χ0n) is 20.2. The van der Waals surface area contributed by atoms with Gasteiger partial charge in [0.15, 0.2) is 0 Å². The van der Waals surface area contributed by atoms with E-state index in [0.717, 1.165) is 57.8 Å². The average molecular weight is 461 g/mol. The zero-order valence-corrected chi connectivity index (χ0v) is 20.2. The van der Waals surface area contributed by atoms with E-state index in [1.807, 2.05) is 0 Å². The van der Waals surface area contributed by atoms with Gasteiger partial charge in [-0.3, -0.25) is 9.59 Å². The maximum Gasteiger partial charge on any atom is 0.339 e. The number of rotatable bonds is 18. The third kappa shape index (κ3) is 14.2. The molecular formula is C27H40O6. The van der Waals surface area contributed by atoms with Crippen molar-refractivity contribution in [2.45, 2.75) is 103 Å². The van der Waals surface area contributed by atoms with Gasteiger partial charge in [-0.25, -0.2) is 4.79 Å². The Hall–Kier alpha value is -2.63. The first-order chi connectivity index (χ1) is 15.9. The quantitative estimate of drug-likeness (QED) is 0.111. The molecule has 184 valence electrons. The number of esters is 2. The molecule has 1 N–H and O–H groups in total. The Morgan fingerprint density at radius 2 is 1.64 bits per heavy atom. The fraction of sp³-hybridized carbons (Fsp3) is 0.593. The molecule has 0 fully saturated rings. The Bertz CT molecular complexity index is 740. The second-order valence-corrected chi connectivity index (χ2v) is 8.37. The Morgan fingerprint density at radius 3 is 2.36 bits per heavy atom. The van der Waals surface area contributed by atoms with Crippen molar-refractivity contribution >= 4 is 17.9 Å². The lowest BCUT2D eigenvalue weighted by Gasteiger charge is -2.15. The molecule has 1 rings (SSSR count). The Morgan fingerprint density at radius 1 is 0.939 bits per heavy atom. The molecule has 0 aliphatic rings. The molecule has 0 bridgehead atoms. The van der Waals surface area contributed by atoms with Gasteiger partial charge in [0.25, 0.3) is 0 Å². The van der Waals surface area contributed by atoms with Crippen LogP contribution in [0.15, 0.2) is 36.4 Å². The van der Waals surface area contributed by atoms with Crippen LogP contribution in [-0.2, 0) is 14.3 Å². The van der Waals surface area contributed by atoms with Crippen molar-refractivity contribution < 1.29 is 29.0 Å². The van der Waals surface area contributed by atoms with Gasteiger partial charge in [0.05, 0.1) is 0 Å². The smallest absolute Gasteiger partial charge is 0.339 e. The maximum atomic E-state index is 12.0. The summed E-state index contributed by atoms with van der Waals surface area (Å²) >= 11 is 0. The van der Waals surface area contributed by atoms with Crippen LogP contribution < -0.4 is 4.74 Å². The van der Waals surface area contributed by atoms with E-state index in [-0.39, 0.29) is 29.8 Å². The van der Waals surface area contributed by atoms with Crippen LogP contribution in [0.1, 0.15) is 108 Å². The van der Waals surface area contributed by atoms with Crippen molar-refractivity contribution in [2.75, 3.05) is 0 Å². The molecule has 1 aromatic carbocycles. The number of ether oxygens (including phenoxy) is 2. The topological polar surface area (TPSA) is 89.9 Å². The summed E-state index contributed by atoms with van der Waals surface area (Å²) in [5.41, 5.74) is -0.00502. The zero-order chi connectivity index (χ0) is 24.3. The number of hydrogen-bond acceptors (Lipinski definition) is 5. The highest BCUT2D eigenvalue weighted by Crippen LogP contribution is 2.19. The molecule has 6 nitrogen and oxygen atoms in total. The number of carboxylic acid groups (broad SMARTS) is 1. The van der Waals surface area contributed by atoms with Crippen molar-refractivity contribution in [3.63, 3.8) is 0 Å². The summed E-state index contributed by atoms with van der Waals surface area (Å²) < 4.78 is 10.6. The van der Waals surface area contributed by atoms with Crippen LogP contribution in [0, 0.1) is 0 Å². The number of aromatic carboxylic acids is 1. The SMILES string of the molecule is CCCCCCC(C/C=C\CCCCCCCC(=O)Oc1ccccc1C(=O)O)OC(C)=O. The first-order valence-electron chi connectivity index (χ1n) is 12.3. The number of carbonyl (C=O) groups is 3. The Labute approximate surface area is 198 Å². The number of para-hydroxylation sites is 1. The molecular weight excluding hydrogens is 420 g/mol. The van der Waals surface area contributed by atoms with E-state index in [9.17, 15) is 14.4 Å². The van der Waals surface area contributed by atoms with E-state index in [1.54, 1.807) is 12.1 Å². The summed E-state index contributed by atoms with van der Waals surface area (Å²) in [6, 6.07) is 6.16. The number of hydrogen-bond donors (Lipinski definition) is 1. The highest BCUT2D eigenvalue weighted by molar-refractivity contribution is 5.91. The maximum absolute atomic E-state index is 12.0. The van der Waals surface area contributed by atoms with Crippen LogP contribution in [0.2, 0.25) is 0 Å². The molecule has 0 saturated heterocycles. The van der Waals surface area contributed by atoms with Crippen molar-refractivity contribution in [3.8, 4) is 5.75 Å². The van der Waals surface area contributed by atoms with Gasteiger partial charge >= 0.3 is 17.9 Å². The molecule has 0 spiro atoms. The Kier molecular flexibility index (Phi) is 15.4. The molecule has 1 atom stereocenters.